The van der Waals surface area contributed by atoms with Gasteiger partial charge in [-0.05, 0) is 42.8 Å². The summed E-state index contributed by atoms with van der Waals surface area (Å²) in [5.74, 6) is -0.519. The molecule has 0 unspecified atom stereocenters. The predicted molar refractivity (Wildman–Crippen MR) is 94.5 cm³/mol. The number of anilines is 1. The molecular formula is C19H19N3O3. The Labute approximate surface area is 145 Å². The number of amides is 1. The number of nitrogens with one attached hydrogen (secondary N) is 1. The highest BCUT2D eigenvalue weighted by atomic mass is 16.5. The molecule has 2 aromatic heterocycles. The molecule has 3 rings (SSSR count). The van der Waals surface area contributed by atoms with Crippen LogP contribution < -0.4 is 5.32 Å². The van der Waals surface area contributed by atoms with E-state index in [9.17, 15) is 9.59 Å². The third-order valence-corrected chi connectivity index (χ3v) is 3.60. The molecule has 6 nitrogen and oxygen atoms in total. The van der Waals surface area contributed by atoms with E-state index < -0.39 is 0 Å². The smallest absolute Gasteiger partial charge is 0.338 e. The molecule has 0 fully saturated rings. The van der Waals surface area contributed by atoms with Gasteiger partial charge in [0.2, 0.25) is 5.91 Å². The number of rotatable bonds is 6. The third kappa shape index (κ3) is 4.23. The van der Waals surface area contributed by atoms with Crippen LogP contribution >= 0.6 is 0 Å². The molecule has 3 aromatic rings. The molecular weight excluding hydrogens is 318 g/mol. The Morgan fingerprint density at radius 2 is 1.96 bits per heavy atom. The second-order valence-corrected chi connectivity index (χ2v) is 5.64. The summed E-state index contributed by atoms with van der Waals surface area (Å²) in [7, 11) is 0. The summed E-state index contributed by atoms with van der Waals surface area (Å²) in [5, 5.41) is 2.80. The van der Waals surface area contributed by atoms with Gasteiger partial charge < -0.3 is 14.5 Å². The van der Waals surface area contributed by atoms with Gasteiger partial charge in [0.05, 0.1) is 24.3 Å². The summed E-state index contributed by atoms with van der Waals surface area (Å²) in [6.45, 7) is 2.34. The number of benzene rings is 1. The Balaban J connectivity index is 1.59. The number of carbonyl (C=O) groups excluding carboxylic acids is 2. The van der Waals surface area contributed by atoms with Crippen molar-refractivity contribution in [3.63, 3.8) is 0 Å². The Morgan fingerprint density at radius 1 is 1.16 bits per heavy atom. The van der Waals surface area contributed by atoms with Crippen molar-refractivity contribution in [3.05, 3.63) is 66.1 Å². The average Bonchev–Trinajstić information content (AvgIpc) is 3.02. The molecule has 0 aliphatic carbocycles. The van der Waals surface area contributed by atoms with Crippen molar-refractivity contribution < 1.29 is 14.3 Å². The van der Waals surface area contributed by atoms with E-state index in [-0.39, 0.29) is 18.3 Å². The van der Waals surface area contributed by atoms with Crippen molar-refractivity contribution in [3.8, 4) is 0 Å². The highest BCUT2D eigenvalue weighted by Gasteiger charge is 2.10. The standard InChI is InChI=1S/C19H19N3O3/c1-2-11-25-19(24)14-6-8-15(9-7-14)21-18(23)12-16-13-22-10-4-3-5-17(22)20-16/h3-10,13H,2,11-12H2,1H3,(H,21,23). The maximum Gasteiger partial charge on any atom is 0.338 e. The monoisotopic (exact) mass is 337 g/mol. The first-order valence-electron chi connectivity index (χ1n) is 8.15. The molecule has 0 aliphatic heterocycles. The molecule has 0 aliphatic rings. The lowest BCUT2D eigenvalue weighted by Crippen LogP contribution is -2.14. The Morgan fingerprint density at radius 3 is 2.68 bits per heavy atom. The number of esters is 1. The topological polar surface area (TPSA) is 72.7 Å². The average molecular weight is 337 g/mol. The fraction of sp³-hybridized carbons (Fsp3) is 0.211. The van der Waals surface area contributed by atoms with Crippen LogP contribution in [0.1, 0.15) is 29.4 Å². The Kier molecular flexibility index (Phi) is 5.09. The number of ether oxygens (including phenoxy) is 1. The number of imidazole rings is 1. The van der Waals surface area contributed by atoms with Crippen LogP contribution in [0.25, 0.3) is 5.65 Å². The lowest BCUT2D eigenvalue weighted by molar-refractivity contribution is -0.115. The van der Waals surface area contributed by atoms with Gasteiger partial charge in [0.25, 0.3) is 0 Å². The molecule has 2 heterocycles. The van der Waals surface area contributed by atoms with Crippen LogP contribution in [0, 0.1) is 0 Å². The van der Waals surface area contributed by atoms with Crippen molar-refractivity contribution in [2.75, 3.05) is 11.9 Å². The Bertz CT molecular complexity index is 851. The van der Waals surface area contributed by atoms with Gasteiger partial charge in [-0.15, -0.1) is 0 Å². The van der Waals surface area contributed by atoms with E-state index in [0.29, 0.717) is 23.6 Å². The summed E-state index contributed by atoms with van der Waals surface area (Å²) >= 11 is 0. The number of hydrogen-bond donors (Lipinski definition) is 1. The van der Waals surface area contributed by atoms with Crippen LogP contribution in [0.2, 0.25) is 0 Å². The molecule has 1 N–H and O–H groups in total. The van der Waals surface area contributed by atoms with Crippen LogP contribution in [-0.4, -0.2) is 27.9 Å². The minimum atomic E-state index is -0.357. The minimum Gasteiger partial charge on any atom is -0.462 e. The summed E-state index contributed by atoms with van der Waals surface area (Å²) in [5.41, 5.74) is 2.59. The number of pyridine rings is 1. The number of carbonyl (C=O) groups is 2. The van der Waals surface area contributed by atoms with Gasteiger partial charge >= 0.3 is 5.97 Å². The van der Waals surface area contributed by atoms with Gasteiger partial charge in [-0.25, -0.2) is 9.78 Å². The van der Waals surface area contributed by atoms with Crippen LogP contribution in [0.4, 0.5) is 5.69 Å². The summed E-state index contributed by atoms with van der Waals surface area (Å²) in [6.07, 6.45) is 4.69. The number of aromatic nitrogens is 2. The van der Waals surface area contributed by atoms with Gasteiger partial charge in [-0.1, -0.05) is 13.0 Å². The van der Waals surface area contributed by atoms with E-state index in [1.807, 2.05) is 41.9 Å². The fourth-order valence-corrected chi connectivity index (χ4v) is 2.41. The molecule has 1 aromatic carbocycles. The van der Waals surface area contributed by atoms with Gasteiger partial charge in [-0.2, -0.15) is 0 Å². The second kappa shape index (κ2) is 7.61. The van der Waals surface area contributed by atoms with E-state index in [2.05, 4.69) is 10.3 Å². The molecule has 6 heteroatoms. The van der Waals surface area contributed by atoms with E-state index in [0.717, 1.165) is 12.1 Å². The molecule has 0 saturated carbocycles. The number of fused-ring (bicyclic) bond motifs is 1. The van der Waals surface area contributed by atoms with Gasteiger partial charge in [-0.3, -0.25) is 4.79 Å². The van der Waals surface area contributed by atoms with Gasteiger partial charge in [0, 0.05) is 18.1 Å². The van der Waals surface area contributed by atoms with E-state index in [4.69, 9.17) is 4.74 Å². The van der Waals surface area contributed by atoms with Gasteiger partial charge in [0.1, 0.15) is 5.65 Å². The first kappa shape index (κ1) is 16.7. The zero-order valence-corrected chi connectivity index (χ0v) is 13.9. The second-order valence-electron chi connectivity index (χ2n) is 5.64. The van der Waals surface area contributed by atoms with Crippen LogP contribution in [0.15, 0.2) is 54.9 Å². The lowest BCUT2D eigenvalue weighted by Gasteiger charge is -2.06. The van der Waals surface area contributed by atoms with Crippen LogP contribution in [0.3, 0.4) is 0 Å². The van der Waals surface area contributed by atoms with Crippen molar-refractivity contribution in [1.82, 2.24) is 9.38 Å². The zero-order valence-electron chi connectivity index (χ0n) is 13.9. The Hall–Kier alpha value is -3.15. The van der Waals surface area contributed by atoms with Crippen molar-refractivity contribution in [1.29, 1.82) is 0 Å². The molecule has 0 bridgehead atoms. The SMILES string of the molecule is CCCOC(=O)c1ccc(NC(=O)Cc2cn3ccccc3n2)cc1. The molecule has 128 valence electrons. The van der Waals surface area contributed by atoms with Crippen molar-refractivity contribution in [2.24, 2.45) is 0 Å². The fourth-order valence-electron chi connectivity index (χ4n) is 2.41. The normalized spacial score (nSPS) is 10.6. The van der Waals surface area contributed by atoms with Crippen LogP contribution in [0.5, 0.6) is 0 Å². The first-order valence-corrected chi connectivity index (χ1v) is 8.15. The number of hydrogen-bond acceptors (Lipinski definition) is 4. The lowest BCUT2D eigenvalue weighted by atomic mass is 10.2. The molecule has 25 heavy (non-hydrogen) atoms. The zero-order chi connectivity index (χ0) is 17.6. The molecule has 0 saturated heterocycles. The van der Waals surface area contributed by atoms with Crippen molar-refractivity contribution >= 4 is 23.2 Å². The van der Waals surface area contributed by atoms with Crippen molar-refractivity contribution in [2.45, 2.75) is 19.8 Å². The molecule has 0 spiro atoms. The maximum atomic E-state index is 12.2. The van der Waals surface area contributed by atoms with E-state index >= 15 is 0 Å². The van der Waals surface area contributed by atoms with Gasteiger partial charge in [0.15, 0.2) is 0 Å². The summed E-state index contributed by atoms with van der Waals surface area (Å²) in [6, 6.07) is 12.3. The predicted octanol–water partition coefficient (Wildman–Crippen LogP) is 3.08. The quantitative estimate of drug-likeness (QED) is 0.702. The number of nitrogens with zero attached hydrogens (tertiary/aromatic N) is 2. The third-order valence-electron chi connectivity index (χ3n) is 3.60. The largest absolute Gasteiger partial charge is 0.462 e. The summed E-state index contributed by atoms with van der Waals surface area (Å²) < 4.78 is 6.94. The first-order chi connectivity index (χ1) is 12.2. The maximum absolute atomic E-state index is 12.2. The molecule has 0 atom stereocenters. The molecule has 1 amide bonds. The highest BCUT2D eigenvalue weighted by molar-refractivity contribution is 5.93. The van der Waals surface area contributed by atoms with Crippen LogP contribution in [-0.2, 0) is 16.0 Å². The summed E-state index contributed by atoms with van der Waals surface area (Å²) in [4.78, 5) is 28.3. The molecule has 0 radical (unpaired) electrons. The van der Waals surface area contributed by atoms with E-state index in [1.165, 1.54) is 0 Å². The highest BCUT2D eigenvalue weighted by Crippen LogP contribution is 2.12. The minimum absolute atomic E-state index is 0.162. The van der Waals surface area contributed by atoms with E-state index in [1.54, 1.807) is 24.3 Å².